The van der Waals surface area contributed by atoms with Crippen LogP contribution in [0.25, 0.3) is 5.57 Å². The fraction of sp³-hybridized carbons (Fsp3) is 0.333. The van der Waals surface area contributed by atoms with Gasteiger partial charge in [0.2, 0.25) is 0 Å². The summed E-state index contributed by atoms with van der Waals surface area (Å²) in [7, 11) is 0. The van der Waals surface area contributed by atoms with Crippen LogP contribution >= 0.6 is 0 Å². The van der Waals surface area contributed by atoms with Crippen molar-refractivity contribution in [3.63, 3.8) is 0 Å². The Kier molecular flexibility index (Phi) is 5.09. The Morgan fingerprint density at radius 1 is 1.00 bits per heavy atom. The first-order chi connectivity index (χ1) is 9.21. The standard InChI is InChI=1S/C10H9.C6H7.C2H4.2ClH.Zr/c1-8-6-7-9-4-2-3-5-10(8)9;1-6-4-2-3-5-6;1-2;;;/h2-7H,1H3;2,4H,5H2,1H3;1-2H2;2*1H;/q;;;;;+2/p-2. The van der Waals surface area contributed by atoms with Gasteiger partial charge in [0.05, 0.1) is 0 Å². The quantitative estimate of drug-likeness (QED) is 0.624. The number of hydrogen-bond acceptors (Lipinski definition) is 0. The molecule has 1 atom stereocenters. The van der Waals surface area contributed by atoms with Gasteiger partial charge in [-0.25, -0.2) is 0 Å². The fourth-order valence-electron chi connectivity index (χ4n) is 3.98. The Hall–Kier alpha value is -0.0969. The van der Waals surface area contributed by atoms with Crippen LogP contribution in [0.1, 0.15) is 35.0 Å². The Balaban J connectivity index is 0.000000807. The molecule has 1 aliphatic heterocycles. The predicted molar refractivity (Wildman–Crippen MR) is 78.9 cm³/mol. The second-order valence-electron chi connectivity index (χ2n) is 6.45. The fourth-order valence-corrected chi connectivity index (χ4v) is 18.7. The molecule has 1 heterocycles. The van der Waals surface area contributed by atoms with Crippen molar-refractivity contribution in [2.24, 2.45) is 0 Å². The summed E-state index contributed by atoms with van der Waals surface area (Å²) < 4.78 is 5.86. The minimum atomic E-state index is -2.03. The SMILES string of the molecule is CC1=CC=[C]([Zr+2]2([CH]3C=C(C)c4ccccc43)[CH2][CH2]2)C1.[Cl-].[Cl-]. The summed E-state index contributed by atoms with van der Waals surface area (Å²) in [5.74, 6) is 0. The molecule has 0 bridgehead atoms. The van der Waals surface area contributed by atoms with Gasteiger partial charge in [-0.2, -0.15) is 0 Å². The first kappa shape index (κ1) is 17.3. The molecule has 4 rings (SSSR count). The molecule has 0 N–H and O–H groups in total. The number of rotatable bonds is 2. The van der Waals surface area contributed by atoms with Crippen LogP contribution in [0, 0.1) is 0 Å². The van der Waals surface area contributed by atoms with Crippen LogP contribution in [-0.2, 0) is 20.3 Å². The van der Waals surface area contributed by atoms with E-state index < -0.39 is 20.3 Å². The molecule has 0 amide bonds. The van der Waals surface area contributed by atoms with Crippen molar-refractivity contribution in [3.8, 4) is 0 Å². The van der Waals surface area contributed by atoms with Crippen molar-refractivity contribution in [2.75, 3.05) is 0 Å². The van der Waals surface area contributed by atoms with E-state index in [0.29, 0.717) is 0 Å². The van der Waals surface area contributed by atoms with Gasteiger partial charge in [0.15, 0.2) is 0 Å². The summed E-state index contributed by atoms with van der Waals surface area (Å²) in [6.07, 6.45) is 8.76. The molecule has 0 saturated carbocycles. The van der Waals surface area contributed by atoms with Crippen molar-refractivity contribution in [2.45, 2.75) is 32.2 Å². The van der Waals surface area contributed by atoms with E-state index in [9.17, 15) is 0 Å². The normalized spacial score (nSPS) is 22.6. The molecule has 3 heteroatoms. The summed E-state index contributed by atoms with van der Waals surface area (Å²) >= 11 is -2.03. The van der Waals surface area contributed by atoms with E-state index in [-0.39, 0.29) is 24.8 Å². The molecule has 2 aliphatic carbocycles. The minimum Gasteiger partial charge on any atom is -1.00 e. The smallest absolute Gasteiger partial charge is 1.00 e. The third kappa shape index (κ3) is 2.67. The molecule has 110 valence electrons. The largest absolute Gasteiger partial charge is 1.00 e. The molecule has 3 aliphatic rings. The molecular formula is C18H20Cl2Zr. The first-order valence-electron chi connectivity index (χ1n) is 7.35. The molecule has 1 aromatic rings. The molecule has 1 unspecified atom stereocenters. The molecular weight excluding hydrogens is 378 g/mol. The van der Waals surface area contributed by atoms with Gasteiger partial charge in [-0.15, -0.1) is 0 Å². The van der Waals surface area contributed by atoms with Crippen LogP contribution in [0.4, 0.5) is 0 Å². The van der Waals surface area contributed by atoms with E-state index in [0.717, 1.165) is 3.63 Å². The van der Waals surface area contributed by atoms with Crippen molar-refractivity contribution in [1.29, 1.82) is 0 Å². The number of halogens is 2. The summed E-state index contributed by atoms with van der Waals surface area (Å²) in [5.41, 5.74) is 6.27. The van der Waals surface area contributed by atoms with E-state index in [1.54, 1.807) is 19.4 Å². The van der Waals surface area contributed by atoms with Gasteiger partial charge < -0.3 is 24.8 Å². The Labute approximate surface area is 144 Å². The zero-order chi connectivity index (χ0) is 13.0. The molecule has 1 aromatic carbocycles. The van der Waals surface area contributed by atoms with Crippen LogP contribution in [0.5, 0.6) is 0 Å². The van der Waals surface area contributed by atoms with Gasteiger partial charge in [0, 0.05) is 0 Å². The first-order valence-corrected chi connectivity index (χ1v) is 13.5. The second-order valence-corrected chi connectivity index (χ2v) is 17.7. The van der Waals surface area contributed by atoms with Crippen LogP contribution in [0.15, 0.2) is 51.3 Å². The van der Waals surface area contributed by atoms with E-state index in [1.165, 1.54) is 17.6 Å². The van der Waals surface area contributed by atoms with Crippen molar-refractivity contribution >= 4 is 5.57 Å². The van der Waals surface area contributed by atoms with Gasteiger partial charge >= 0.3 is 120 Å². The Morgan fingerprint density at radius 2 is 1.71 bits per heavy atom. The van der Waals surface area contributed by atoms with Gasteiger partial charge in [-0.1, -0.05) is 0 Å². The summed E-state index contributed by atoms with van der Waals surface area (Å²) in [6, 6.07) is 9.12. The maximum atomic E-state index is 2.61. The average molecular weight is 398 g/mol. The Bertz CT molecular complexity index is 651. The zero-order valence-corrected chi connectivity index (χ0v) is 16.5. The van der Waals surface area contributed by atoms with E-state index in [2.05, 4.69) is 56.3 Å². The van der Waals surface area contributed by atoms with Crippen LogP contribution in [-0.4, -0.2) is 0 Å². The van der Waals surface area contributed by atoms with Gasteiger partial charge in [0.1, 0.15) is 0 Å². The van der Waals surface area contributed by atoms with Crippen LogP contribution < -0.4 is 24.8 Å². The second kappa shape index (κ2) is 6.19. The molecule has 0 radical (unpaired) electrons. The van der Waals surface area contributed by atoms with Crippen molar-refractivity contribution in [1.82, 2.24) is 0 Å². The third-order valence-corrected chi connectivity index (χ3v) is 17.2. The third-order valence-electron chi connectivity index (χ3n) is 5.20. The average Bonchev–Trinajstić information content (AvgIpc) is 3.00. The van der Waals surface area contributed by atoms with Crippen LogP contribution in [0.3, 0.4) is 0 Å². The van der Waals surface area contributed by atoms with E-state index >= 15 is 0 Å². The number of benzene rings is 1. The van der Waals surface area contributed by atoms with Crippen LogP contribution in [0.2, 0.25) is 8.26 Å². The number of allylic oxidation sites excluding steroid dienone is 6. The van der Waals surface area contributed by atoms with Crippen molar-refractivity contribution < 1.29 is 45.1 Å². The molecule has 1 fully saturated rings. The maximum absolute atomic E-state index is 2.61. The monoisotopic (exact) mass is 396 g/mol. The summed E-state index contributed by atoms with van der Waals surface area (Å²) in [4.78, 5) is 0. The Morgan fingerprint density at radius 3 is 2.33 bits per heavy atom. The maximum Gasteiger partial charge on any atom is -1.00 e. The predicted octanol–water partition coefficient (Wildman–Crippen LogP) is -0.609. The minimum absolute atomic E-state index is 0. The van der Waals surface area contributed by atoms with E-state index in [4.69, 9.17) is 0 Å². The number of hydrogen-bond donors (Lipinski definition) is 0. The molecule has 0 aromatic heterocycles. The van der Waals surface area contributed by atoms with Gasteiger partial charge in [0.25, 0.3) is 0 Å². The zero-order valence-electron chi connectivity index (χ0n) is 12.5. The molecule has 0 spiro atoms. The van der Waals surface area contributed by atoms with E-state index in [1.807, 2.05) is 3.28 Å². The molecule has 21 heavy (non-hydrogen) atoms. The number of fused-ring (bicyclic) bond motifs is 1. The van der Waals surface area contributed by atoms with Crippen molar-refractivity contribution in [3.05, 3.63) is 62.5 Å². The van der Waals surface area contributed by atoms with Gasteiger partial charge in [-0.05, 0) is 0 Å². The topological polar surface area (TPSA) is 0 Å². The molecule has 1 saturated heterocycles. The summed E-state index contributed by atoms with van der Waals surface area (Å²) in [6.45, 7) is 4.59. The van der Waals surface area contributed by atoms with Gasteiger partial charge in [-0.3, -0.25) is 0 Å². The molecule has 0 nitrogen and oxygen atoms in total. The summed E-state index contributed by atoms with van der Waals surface area (Å²) in [5, 5.41) is 0.